The van der Waals surface area contributed by atoms with Crippen LogP contribution in [0.5, 0.6) is 0 Å². The Morgan fingerprint density at radius 3 is 3.06 bits per heavy atom. The Bertz CT molecular complexity index is 681. The second kappa shape index (κ2) is 4.44. The summed E-state index contributed by atoms with van der Waals surface area (Å²) in [6.45, 7) is 1.94. The molecule has 0 saturated carbocycles. The van der Waals surface area contributed by atoms with Gasteiger partial charge in [-0.05, 0) is 24.6 Å². The minimum Gasteiger partial charge on any atom is -0.268 e. The molecule has 1 aliphatic rings. The van der Waals surface area contributed by atoms with Gasteiger partial charge in [0, 0.05) is 17.2 Å². The first-order valence-corrected chi connectivity index (χ1v) is 7.03. The van der Waals surface area contributed by atoms with Crippen LogP contribution in [0.2, 0.25) is 5.02 Å². The molecule has 92 valence electrons. The van der Waals surface area contributed by atoms with Crippen molar-refractivity contribution >= 4 is 23.4 Å². The fraction of sp³-hybridized carbons (Fsp3) is 0.231. The van der Waals surface area contributed by atoms with E-state index >= 15 is 0 Å². The molecule has 0 fully saturated rings. The maximum absolute atomic E-state index is 12.3. The second-order valence-corrected chi connectivity index (χ2v) is 5.74. The standard InChI is InChI=1S/C13H11ClN2OS/c1-8-2-3-9(6-10(8)14)16-7-15-11-4-5-18-12(11)13(16)17/h2-3,6-7H,4-5H2,1H3. The number of thioether (sulfide) groups is 1. The van der Waals surface area contributed by atoms with Crippen molar-refractivity contribution in [2.24, 2.45) is 0 Å². The Labute approximate surface area is 114 Å². The van der Waals surface area contributed by atoms with Gasteiger partial charge in [0.2, 0.25) is 0 Å². The highest BCUT2D eigenvalue weighted by molar-refractivity contribution is 7.99. The molecule has 0 atom stereocenters. The van der Waals surface area contributed by atoms with Crippen molar-refractivity contribution in [2.75, 3.05) is 5.75 Å². The van der Waals surface area contributed by atoms with Crippen LogP contribution in [0.25, 0.3) is 5.69 Å². The molecule has 2 heterocycles. The molecule has 0 unspecified atom stereocenters. The number of fused-ring (bicyclic) bond motifs is 1. The van der Waals surface area contributed by atoms with E-state index in [2.05, 4.69) is 4.98 Å². The van der Waals surface area contributed by atoms with Crippen LogP contribution in [0.3, 0.4) is 0 Å². The lowest BCUT2D eigenvalue weighted by atomic mass is 10.2. The van der Waals surface area contributed by atoms with Crippen LogP contribution in [0.15, 0.2) is 34.2 Å². The fourth-order valence-corrected chi connectivity index (χ4v) is 3.18. The molecule has 0 N–H and O–H groups in total. The Hall–Kier alpha value is -1.26. The van der Waals surface area contributed by atoms with Crippen LogP contribution in [0.4, 0.5) is 0 Å². The van der Waals surface area contributed by atoms with Gasteiger partial charge in [0.1, 0.15) is 6.33 Å². The first-order valence-electron chi connectivity index (χ1n) is 5.66. The molecule has 0 amide bonds. The van der Waals surface area contributed by atoms with E-state index in [1.165, 1.54) is 0 Å². The largest absolute Gasteiger partial charge is 0.271 e. The molecule has 0 spiro atoms. The molecule has 1 aliphatic heterocycles. The Morgan fingerprint density at radius 1 is 1.44 bits per heavy atom. The summed E-state index contributed by atoms with van der Waals surface area (Å²) in [6, 6.07) is 5.59. The zero-order valence-corrected chi connectivity index (χ0v) is 11.4. The Kier molecular flexibility index (Phi) is 2.92. The lowest BCUT2D eigenvalue weighted by Gasteiger charge is -2.08. The van der Waals surface area contributed by atoms with Crippen molar-refractivity contribution in [1.82, 2.24) is 9.55 Å². The number of halogens is 1. The molecule has 3 rings (SSSR count). The summed E-state index contributed by atoms with van der Waals surface area (Å²) in [5, 5.41) is 0.660. The minimum atomic E-state index is 0.00224. The number of rotatable bonds is 1. The number of aryl methyl sites for hydroxylation is 2. The van der Waals surface area contributed by atoms with Gasteiger partial charge in [0.05, 0.1) is 16.3 Å². The van der Waals surface area contributed by atoms with Crippen LogP contribution >= 0.6 is 23.4 Å². The maximum Gasteiger partial charge on any atom is 0.271 e. The molecule has 1 aromatic heterocycles. The topological polar surface area (TPSA) is 34.9 Å². The third-order valence-corrected chi connectivity index (χ3v) is 4.54. The average Bonchev–Trinajstić information content (AvgIpc) is 2.83. The highest BCUT2D eigenvalue weighted by Gasteiger charge is 2.18. The van der Waals surface area contributed by atoms with Crippen molar-refractivity contribution in [3.05, 3.63) is 51.2 Å². The third kappa shape index (κ3) is 1.85. The lowest BCUT2D eigenvalue weighted by Crippen LogP contribution is -2.20. The highest BCUT2D eigenvalue weighted by atomic mass is 35.5. The molecule has 18 heavy (non-hydrogen) atoms. The van der Waals surface area contributed by atoms with E-state index in [-0.39, 0.29) is 5.56 Å². The zero-order valence-electron chi connectivity index (χ0n) is 9.81. The molecule has 5 heteroatoms. The lowest BCUT2D eigenvalue weighted by molar-refractivity contribution is 0.852. The van der Waals surface area contributed by atoms with Gasteiger partial charge in [0.15, 0.2) is 0 Å². The monoisotopic (exact) mass is 278 g/mol. The van der Waals surface area contributed by atoms with Crippen LogP contribution in [0, 0.1) is 6.92 Å². The molecular weight excluding hydrogens is 268 g/mol. The number of hydrogen-bond acceptors (Lipinski definition) is 3. The van der Waals surface area contributed by atoms with Gasteiger partial charge in [-0.25, -0.2) is 4.98 Å². The van der Waals surface area contributed by atoms with E-state index < -0.39 is 0 Å². The normalized spacial score (nSPS) is 13.7. The molecule has 0 bridgehead atoms. The van der Waals surface area contributed by atoms with Crippen molar-refractivity contribution in [3.8, 4) is 5.69 Å². The first-order chi connectivity index (χ1) is 8.66. The van der Waals surface area contributed by atoms with Gasteiger partial charge in [-0.1, -0.05) is 17.7 Å². The van der Waals surface area contributed by atoms with Crippen LogP contribution in [-0.2, 0) is 6.42 Å². The summed E-state index contributed by atoms with van der Waals surface area (Å²) < 4.78 is 1.56. The van der Waals surface area contributed by atoms with Crippen molar-refractivity contribution in [2.45, 2.75) is 18.2 Å². The van der Waals surface area contributed by atoms with Gasteiger partial charge >= 0.3 is 0 Å². The van der Waals surface area contributed by atoms with Gasteiger partial charge < -0.3 is 0 Å². The van der Waals surface area contributed by atoms with Crippen LogP contribution < -0.4 is 5.56 Å². The summed E-state index contributed by atoms with van der Waals surface area (Å²) in [5.41, 5.74) is 2.68. The summed E-state index contributed by atoms with van der Waals surface area (Å²) in [7, 11) is 0. The summed E-state index contributed by atoms with van der Waals surface area (Å²) in [5.74, 6) is 0.941. The predicted molar refractivity (Wildman–Crippen MR) is 74.0 cm³/mol. The SMILES string of the molecule is Cc1ccc(-n2cnc3c(c2=O)SCC3)cc1Cl. The molecule has 0 saturated heterocycles. The molecular formula is C13H11ClN2OS. The van der Waals surface area contributed by atoms with Crippen molar-refractivity contribution < 1.29 is 0 Å². The molecule has 1 aromatic carbocycles. The highest BCUT2D eigenvalue weighted by Crippen LogP contribution is 2.26. The molecule has 3 nitrogen and oxygen atoms in total. The predicted octanol–water partition coefficient (Wildman–Crippen LogP) is 2.84. The second-order valence-electron chi connectivity index (χ2n) is 4.23. The summed E-state index contributed by atoms with van der Waals surface area (Å²) in [4.78, 5) is 17.4. The molecule has 0 aliphatic carbocycles. The summed E-state index contributed by atoms with van der Waals surface area (Å²) in [6.07, 6.45) is 2.47. The van der Waals surface area contributed by atoms with E-state index in [1.807, 2.05) is 19.1 Å². The Balaban J connectivity index is 2.18. The number of benzene rings is 1. The van der Waals surface area contributed by atoms with Gasteiger partial charge in [-0.2, -0.15) is 0 Å². The quantitative estimate of drug-likeness (QED) is 0.805. The van der Waals surface area contributed by atoms with Gasteiger partial charge in [-0.15, -0.1) is 11.8 Å². The number of nitrogens with zero attached hydrogens (tertiary/aromatic N) is 2. The van der Waals surface area contributed by atoms with E-state index in [1.54, 1.807) is 28.7 Å². The van der Waals surface area contributed by atoms with E-state index in [4.69, 9.17) is 11.6 Å². The van der Waals surface area contributed by atoms with Crippen molar-refractivity contribution in [1.29, 1.82) is 0 Å². The fourth-order valence-electron chi connectivity index (χ4n) is 1.96. The van der Waals surface area contributed by atoms with E-state index in [0.29, 0.717) is 5.02 Å². The maximum atomic E-state index is 12.3. The first kappa shape index (κ1) is 11.8. The average molecular weight is 279 g/mol. The van der Waals surface area contributed by atoms with Gasteiger partial charge in [-0.3, -0.25) is 9.36 Å². The minimum absolute atomic E-state index is 0.00224. The molecule has 0 radical (unpaired) electrons. The Morgan fingerprint density at radius 2 is 2.28 bits per heavy atom. The van der Waals surface area contributed by atoms with E-state index in [9.17, 15) is 4.79 Å². The third-order valence-electron chi connectivity index (χ3n) is 3.02. The number of hydrogen-bond donors (Lipinski definition) is 0. The van der Waals surface area contributed by atoms with Crippen molar-refractivity contribution in [3.63, 3.8) is 0 Å². The zero-order chi connectivity index (χ0) is 12.7. The molecule has 2 aromatic rings. The smallest absolute Gasteiger partial charge is 0.268 e. The van der Waals surface area contributed by atoms with Crippen LogP contribution in [0.1, 0.15) is 11.3 Å². The van der Waals surface area contributed by atoms with Crippen LogP contribution in [-0.4, -0.2) is 15.3 Å². The summed E-state index contributed by atoms with van der Waals surface area (Å²) >= 11 is 7.67. The van der Waals surface area contributed by atoms with Gasteiger partial charge in [0.25, 0.3) is 5.56 Å². The number of aromatic nitrogens is 2. The van der Waals surface area contributed by atoms with E-state index in [0.717, 1.165) is 34.0 Å².